The quantitative estimate of drug-likeness (QED) is 0.888. The van der Waals surface area contributed by atoms with Crippen LogP contribution >= 0.6 is 11.6 Å². The molecule has 1 aliphatic heterocycles. The molecule has 4 atom stereocenters. The molecule has 2 fully saturated rings. The number of carbonyl (C=O) groups excluding carboxylic acids is 1. The van der Waals surface area contributed by atoms with Gasteiger partial charge in [0.25, 0.3) is 0 Å². The summed E-state index contributed by atoms with van der Waals surface area (Å²) in [6.07, 6.45) is 0.609. The van der Waals surface area contributed by atoms with Gasteiger partial charge >= 0.3 is 0 Å². The fraction of sp³-hybridized carbons (Fsp3) is 0.381. The number of anilines is 1. The van der Waals surface area contributed by atoms with Crippen LogP contribution in [0.5, 0.6) is 0 Å². The van der Waals surface area contributed by atoms with E-state index in [1.165, 1.54) is 0 Å². The van der Waals surface area contributed by atoms with E-state index in [0.29, 0.717) is 24.5 Å². The van der Waals surface area contributed by atoms with E-state index in [9.17, 15) is 9.90 Å². The van der Waals surface area contributed by atoms with Gasteiger partial charge in [-0.3, -0.25) is 4.79 Å². The first-order valence-corrected chi connectivity index (χ1v) is 9.15. The van der Waals surface area contributed by atoms with Gasteiger partial charge in [0.05, 0.1) is 11.5 Å². The van der Waals surface area contributed by atoms with Crippen LogP contribution in [0.25, 0.3) is 0 Å². The normalized spacial score (nSPS) is 31.9. The van der Waals surface area contributed by atoms with Crippen LogP contribution in [0.15, 0.2) is 54.6 Å². The van der Waals surface area contributed by atoms with Crippen molar-refractivity contribution in [1.82, 2.24) is 0 Å². The van der Waals surface area contributed by atoms with Crippen LogP contribution in [0.3, 0.4) is 0 Å². The van der Waals surface area contributed by atoms with E-state index < -0.39 is 5.60 Å². The Kier molecular flexibility index (Phi) is 4.09. The van der Waals surface area contributed by atoms with Gasteiger partial charge in [-0.15, -0.1) is 0 Å². The summed E-state index contributed by atoms with van der Waals surface area (Å²) in [6, 6.07) is 17.8. The second-order valence-electron chi connectivity index (χ2n) is 7.52. The number of carbonyl (C=O) groups is 1. The number of rotatable bonds is 2. The summed E-state index contributed by atoms with van der Waals surface area (Å²) in [5, 5.41) is 11.7. The zero-order chi connectivity index (χ0) is 17.6. The van der Waals surface area contributed by atoms with E-state index in [-0.39, 0.29) is 23.5 Å². The lowest BCUT2D eigenvalue weighted by molar-refractivity contribution is -0.145. The maximum Gasteiger partial charge on any atom is 0.146 e. The molecule has 0 aromatic heterocycles. The largest absolute Gasteiger partial charge is 0.389 e. The zero-order valence-corrected chi connectivity index (χ0v) is 15.0. The highest BCUT2D eigenvalue weighted by molar-refractivity contribution is 6.30. The van der Waals surface area contributed by atoms with Crippen LogP contribution in [0.1, 0.15) is 24.8 Å². The number of halogens is 1. The summed E-state index contributed by atoms with van der Waals surface area (Å²) in [5.41, 5.74) is 1.19. The summed E-state index contributed by atoms with van der Waals surface area (Å²) in [5.74, 6) is -0.221. The molecule has 1 saturated heterocycles. The summed E-state index contributed by atoms with van der Waals surface area (Å²) in [6.45, 7) is 3.09. The van der Waals surface area contributed by atoms with E-state index >= 15 is 0 Å². The van der Waals surface area contributed by atoms with Crippen molar-refractivity contribution in [3.8, 4) is 0 Å². The number of ketones is 1. The Morgan fingerprint density at radius 2 is 1.72 bits per heavy atom. The number of para-hydroxylation sites is 1. The van der Waals surface area contributed by atoms with Crippen molar-refractivity contribution in [2.24, 2.45) is 11.8 Å². The molecular weight excluding hydrogens is 334 g/mol. The lowest BCUT2D eigenvalue weighted by Crippen LogP contribution is -2.61. The Bertz CT molecular complexity index is 772. The summed E-state index contributed by atoms with van der Waals surface area (Å²) < 4.78 is 0. The van der Waals surface area contributed by atoms with E-state index in [4.69, 9.17) is 11.6 Å². The molecule has 2 aromatic rings. The monoisotopic (exact) mass is 355 g/mol. The third kappa shape index (κ3) is 2.96. The van der Waals surface area contributed by atoms with Crippen LogP contribution in [0, 0.1) is 11.8 Å². The number of hydrogen-bond donors (Lipinski definition) is 1. The van der Waals surface area contributed by atoms with Crippen LogP contribution in [0.2, 0.25) is 5.02 Å². The maximum absolute atomic E-state index is 13.0. The van der Waals surface area contributed by atoms with Crippen LogP contribution < -0.4 is 4.90 Å². The predicted molar refractivity (Wildman–Crippen MR) is 100 cm³/mol. The molecular formula is C21H22ClNO2. The lowest BCUT2D eigenvalue weighted by Gasteiger charge is -2.51. The molecule has 130 valence electrons. The Morgan fingerprint density at radius 1 is 1.04 bits per heavy atom. The molecule has 2 bridgehead atoms. The summed E-state index contributed by atoms with van der Waals surface area (Å²) in [4.78, 5) is 15.3. The molecule has 3 nitrogen and oxygen atoms in total. The van der Waals surface area contributed by atoms with E-state index in [2.05, 4.69) is 17.0 Å². The third-order valence-electron chi connectivity index (χ3n) is 5.82. The molecule has 4 unspecified atom stereocenters. The standard InChI is InChI=1S/C21H22ClNO2/c1-21(25)11-17(14-7-9-15(22)10-8-14)18-12-23(13-19(21)20(18)24)16-5-3-2-4-6-16/h2-10,17-19,25H,11-13H2,1H3. The molecule has 2 aliphatic rings. The zero-order valence-electron chi connectivity index (χ0n) is 14.2. The molecule has 1 N–H and O–H groups in total. The minimum absolute atomic E-state index is 0.0162. The van der Waals surface area contributed by atoms with Gasteiger partial charge in [-0.05, 0) is 49.1 Å². The fourth-order valence-corrected chi connectivity index (χ4v) is 4.56. The van der Waals surface area contributed by atoms with Crippen LogP contribution in [-0.2, 0) is 4.79 Å². The van der Waals surface area contributed by atoms with Gasteiger partial charge in [0, 0.05) is 29.7 Å². The fourth-order valence-electron chi connectivity index (χ4n) is 4.44. The number of fused-ring (bicyclic) bond motifs is 2. The first kappa shape index (κ1) is 16.6. The Labute approximate surface area is 153 Å². The number of aliphatic hydroxyl groups is 1. The first-order valence-electron chi connectivity index (χ1n) is 8.77. The molecule has 0 spiro atoms. The van der Waals surface area contributed by atoms with E-state index in [1.54, 1.807) is 0 Å². The number of Topliss-reactive ketones (excluding diaryl/α,β-unsaturated/α-hetero) is 1. The van der Waals surface area contributed by atoms with Crippen molar-refractivity contribution in [2.45, 2.75) is 24.9 Å². The topological polar surface area (TPSA) is 40.5 Å². The van der Waals surface area contributed by atoms with Gasteiger partial charge in [-0.2, -0.15) is 0 Å². The van der Waals surface area contributed by atoms with Crippen molar-refractivity contribution in [1.29, 1.82) is 0 Å². The molecule has 4 heteroatoms. The summed E-state index contributed by atoms with van der Waals surface area (Å²) in [7, 11) is 0. The lowest BCUT2D eigenvalue weighted by atomic mass is 9.61. The summed E-state index contributed by atoms with van der Waals surface area (Å²) >= 11 is 6.02. The molecule has 1 heterocycles. The number of hydrogen-bond acceptors (Lipinski definition) is 3. The Morgan fingerprint density at radius 3 is 2.40 bits per heavy atom. The maximum atomic E-state index is 13.0. The molecule has 0 amide bonds. The number of benzene rings is 2. The van der Waals surface area contributed by atoms with E-state index in [1.807, 2.05) is 49.4 Å². The highest BCUT2D eigenvalue weighted by atomic mass is 35.5. The van der Waals surface area contributed by atoms with Gasteiger partial charge in [0.15, 0.2) is 0 Å². The minimum atomic E-state index is -0.995. The average molecular weight is 356 g/mol. The first-order chi connectivity index (χ1) is 12.0. The Hall–Kier alpha value is -1.84. The van der Waals surface area contributed by atoms with Crippen LogP contribution in [0.4, 0.5) is 5.69 Å². The Balaban J connectivity index is 1.71. The van der Waals surface area contributed by atoms with Crippen molar-refractivity contribution in [3.63, 3.8) is 0 Å². The second kappa shape index (κ2) is 6.15. The molecule has 4 rings (SSSR count). The highest BCUT2D eigenvalue weighted by Crippen LogP contribution is 2.47. The van der Waals surface area contributed by atoms with Crippen molar-refractivity contribution in [3.05, 3.63) is 65.2 Å². The van der Waals surface area contributed by atoms with Crippen molar-refractivity contribution >= 4 is 23.1 Å². The van der Waals surface area contributed by atoms with Gasteiger partial charge < -0.3 is 10.0 Å². The van der Waals surface area contributed by atoms with Gasteiger partial charge in [0.1, 0.15) is 5.78 Å². The minimum Gasteiger partial charge on any atom is -0.389 e. The van der Waals surface area contributed by atoms with E-state index in [0.717, 1.165) is 11.3 Å². The van der Waals surface area contributed by atoms with Gasteiger partial charge in [-0.1, -0.05) is 41.9 Å². The predicted octanol–water partition coefficient (Wildman–Crippen LogP) is 3.90. The van der Waals surface area contributed by atoms with Crippen molar-refractivity contribution in [2.75, 3.05) is 18.0 Å². The van der Waals surface area contributed by atoms with Crippen LogP contribution in [-0.4, -0.2) is 29.6 Å². The SMILES string of the molecule is CC1(O)CC(c2ccc(Cl)cc2)C2CN(c3ccccc3)CC1C2=O. The molecule has 25 heavy (non-hydrogen) atoms. The molecule has 2 aromatic carbocycles. The molecule has 0 radical (unpaired) electrons. The van der Waals surface area contributed by atoms with Gasteiger partial charge in [-0.25, -0.2) is 0 Å². The number of nitrogens with zero attached hydrogens (tertiary/aromatic N) is 1. The third-order valence-corrected chi connectivity index (χ3v) is 6.07. The smallest absolute Gasteiger partial charge is 0.146 e. The van der Waals surface area contributed by atoms with Gasteiger partial charge in [0.2, 0.25) is 0 Å². The van der Waals surface area contributed by atoms with Crippen molar-refractivity contribution < 1.29 is 9.90 Å². The molecule has 1 aliphatic carbocycles. The average Bonchev–Trinajstić information content (AvgIpc) is 2.60. The second-order valence-corrected chi connectivity index (χ2v) is 7.96. The molecule has 1 saturated carbocycles. The number of piperidine rings is 1. The highest BCUT2D eigenvalue weighted by Gasteiger charge is 2.53.